The molecule has 4 fully saturated rings. The van der Waals surface area contributed by atoms with Crippen LogP contribution < -0.4 is 5.32 Å². The third-order valence-corrected chi connectivity index (χ3v) is 6.40. The molecule has 4 aliphatic rings. The van der Waals surface area contributed by atoms with Gasteiger partial charge in [-0.2, -0.15) is 0 Å². The molecule has 2 bridgehead atoms. The first-order valence-corrected chi connectivity index (χ1v) is 8.99. The van der Waals surface area contributed by atoms with E-state index >= 15 is 0 Å². The quantitative estimate of drug-likeness (QED) is 0.830. The molecular formula is C17H31N3. The zero-order valence-corrected chi connectivity index (χ0v) is 13.1. The highest BCUT2D eigenvalue weighted by molar-refractivity contribution is 4.98. The largest absolute Gasteiger partial charge is 0.313 e. The molecule has 0 amide bonds. The molecule has 3 heteroatoms. The zero-order valence-electron chi connectivity index (χ0n) is 13.1. The van der Waals surface area contributed by atoms with Crippen molar-refractivity contribution in [2.24, 2.45) is 5.92 Å². The van der Waals surface area contributed by atoms with E-state index in [1.165, 1.54) is 71.0 Å². The van der Waals surface area contributed by atoms with E-state index in [1.54, 1.807) is 0 Å². The minimum Gasteiger partial charge on any atom is -0.313 e. The highest BCUT2D eigenvalue weighted by Crippen LogP contribution is 2.38. The Kier molecular flexibility index (Phi) is 3.78. The fourth-order valence-corrected chi connectivity index (χ4v) is 4.88. The van der Waals surface area contributed by atoms with E-state index in [2.05, 4.69) is 22.2 Å². The molecule has 4 rings (SSSR count). The van der Waals surface area contributed by atoms with Gasteiger partial charge in [0.2, 0.25) is 0 Å². The Morgan fingerprint density at radius 1 is 1.00 bits per heavy atom. The van der Waals surface area contributed by atoms with Gasteiger partial charge < -0.3 is 10.2 Å². The molecule has 0 aromatic rings. The minimum atomic E-state index is 0.783. The van der Waals surface area contributed by atoms with Crippen LogP contribution in [-0.4, -0.2) is 60.6 Å². The van der Waals surface area contributed by atoms with Crippen molar-refractivity contribution in [1.82, 2.24) is 15.1 Å². The van der Waals surface area contributed by atoms with Crippen LogP contribution in [0.5, 0.6) is 0 Å². The third kappa shape index (κ3) is 2.77. The van der Waals surface area contributed by atoms with Gasteiger partial charge in [0, 0.05) is 37.3 Å². The lowest BCUT2D eigenvalue weighted by atomic mass is 9.95. The molecule has 3 nitrogen and oxygen atoms in total. The van der Waals surface area contributed by atoms with Crippen LogP contribution in [0.2, 0.25) is 0 Å². The van der Waals surface area contributed by atoms with E-state index in [4.69, 9.17) is 0 Å². The van der Waals surface area contributed by atoms with Crippen LogP contribution in [0.15, 0.2) is 0 Å². The van der Waals surface area contributed by atoms with Gasteiger partial charge in [-0.1, -0.05) is 0 Å². The Bertz CT molecular complexity index is 321. The molecule has 114 valence electrons. The normalized spacial score (nSPS) is 41.7. The Balaban J connectivity index is 1.40. The summed E-state index contributed by atoms with van der Waals surface area (Å²) in [4.78, 5) is 5.58. The summed E-state index contributed by atoms with van der Waals surface area (Å²) in [5, 5.41) is 3.71. The lowest BCUT2D eigenvalue weighted by molar-refractivity contribution is 0.0674. The lowest BCUT2D eigenvalue weighted by Gasteiger charge is -2.42. The van der Waals surface area contributed by atoms with E-state index in [1.807, 2.05) is 0 Å². The molecule has 3 unspecified atom stereocenters. The van der Waals surface area contributed by atoms with Gasteiger partial charge in [-0.15, -0.1) is 0 Å². The van der Waals surface area contributed by atoms with Crippen LogP contribution in [0, 0.1) is 5.92 Å². The average molecular weight is 277 g/mol. The van der Waals surface area contributed by atoms with Crippen molar-refractivity contribution in [3.05, 3.63) is 0 Å². The van der Waals surface area contributed by atoms with Gasteiger partial charge in [0.15, 0.2) is 0 Å². The molecule has 0 aromatic heterocycles. The monoisotopic (exact) mass is 277 g/mol. The number of hydrogen-bond donors (Lipinski definition) is 1. The van der Waals surface area contributed by atoms with Crippen LogP contribution >= 0.6 is 0 Å². The lowest BCUT2D eigenvalue weighted by Crippen LogP contribution is -2.52. The number of rotatable bonds is 5. The summed E-state index contributed by atoms with van der Waals surface area (Å²) in [6.45, 7) is 3.97. The van der Waals surface area contributed by atoms with Crippen LogP contribution in [0.25, 0.3) is 0 Å². The highest BCUT2D eigenvalue weighted by atomic mass is 15.3. The maximum absolute atomic E-state index is 3.71. The van der Waals surface area contributed by atoms with Crippen LogP contribution in [0.3, 0.4) is 0 Å². The molecule has 0 spiro atoms. The Hall–Kier alpha value is -0.120. The van der Waals surface area contributed by atoms with E-state index in [0.717, 1.165) is 30.1 Å². The Morgan fingerprint density at radius 2 is 1.75 bits per heavy atom. The van der Waals surface area contributed by atoms with E-state index in [9.17, 15) is 0 Å². The van der Waals surface area contributed by atoms with Gasteiger partial charge in [-0.05, 0) is 70.9 Å². The summed E-state index contributed by atoms with van der Waals surface area (Å²) in [5.41, 5.74) is 0. The second-order valence-corrected chi connectivity index (χ2v) is 7.87. The third-order valence-electron chi connectivity index (χ3n) is 6.40. The summed E-state index contributed by atoms with van der Waals surface area (Å²) in [6.07, 6.45) is 11.6. The summed E-state index contributed by atoms with van der Waals surface area (Å²) in [7, 11) is 2.36. The van der Waals surface area contributed by atoms with Crippen molar-refractivity contribution in [2.75, 3.05) is 26.7 Å². The van der Waals surface area contributed by atoms with Crippen molar-refractivity contribution in [3.8, 4) is 0 Å². The SMILES string of the molecule is CN1C2CCC1CC(N(CC1CC1)CC1CCCN1)C2. The van der Waals surface area contributed by atoms with Gasteiger partial charge >= 0.3 is 0 Å². The molecule has 20 heavy (non-hydrogen) atoms. The smallest absolute Gasteiger partial charge is 0.0195 e. The van der Waals surface area contributed by atoms with Crippen molar-refractivity contribution >= 4 is 0 Å². The second-order valence-electron chi connectivity index (χ2n) is 7.87. The first kappa shape index (κ1) is 13.5. The molecule has 3 saturated heterocycles. The zero-order chi connectivity index (χ0) is 13.5. The van der Waals surface area contributed by atoms with E-state index in [0.29, 0.717) is 0 Å². The molecule has 3 aliphatic heterocycles. The van der Waals surface area contributed by atoms with E-state index in [-0.39, 0.29) is 0 Å². The second kappa shape index (κ2) is 5.58. The maximum atomic E-state index is 3.71. The Morgan fingerprint density at radius 3 is 2.35 bits per heavy atom. The van der Waals surface area contributed by atoms with Gasteiger partial charge in [0.25, 0.3) is 0 Å². The Labute approximate surface area is 124 Å². The van der Waals surface area contributed by atoms with Crippen molar-refractivity contribution < 1.29 is 0 Å². The summed E-state index contributed by atoms with van der Waals surface area (Å²) in [6, 6.07) is 3.44. The molecule has 1 aliphatic carbocycles. The number of fused-ring (bicyclic) bond motifs is 2. The van der Waals surface area contributed by atoms with Gasteiger partial charge in [-0.3, -0.25) is 4.90 Å². The van der Waals surface area contributed by atoms with Crippen molar-refractivity contribution in [2.45, 2.75) is 75.5 Å². The maximum Gasteiger partial charge on any atom is 0.0195 e. The van der Waals surface area contributed by atoms with E-state index < -0.39 is 0 Å². The number of hydrogen-bond acceptors (Lipinski definition) is 3. The highest BCUT2D eigenvalue weighted by Gasteiger charge is 2.41. The standard InChI is InChI=1S/C17H31N3/c1-19-15-6-7-16(19)10-17(9-15)20(11-13-4-5-13)12-14-3-2-8-18-14/h13-18H,2-12H2,1H3. The summed E-state index contributed by atoms with van der Waals surface area (Å²) in [5.74, 6) is 1.04. The predicted molar refractivity (Wildman–Crippen MR) is 82.9 cm³/mol. The molecule has 3 heterocycles. The molecule has 0 radical (unpaired) electrons. The number of piperidine rings is 1. The minimum absolute atomic E-state index is 0.783. The summed E-state index contributed by atoms with van der Waals surface area (Å²) >= 11 is 0. The first-order chi connectivity index (χ1) is 9.79. The molecule has 0 aromatic carbocycles. The summed E-state index contributed by atoms with van der Waals surface area (Å²) < 4.78 is 0. The number of nitrogens with zero attached hydrogens (tertiary/aromatic N) is 2. The molecular weight excluding hydrogens is 246 g/mol. The predicted octanol–water partition coefficient (Wildman–Crippen LogP) is 2.08. The molecule has 1 N–H and O–H groups in total. The molecule has 3 atom stereocenters. The number of nitrogens with one attached hydrogen (secondary N) is 1. The fraction of sp³-hybridized carbons (Fsp3) is 1.00. The van der Waals surface area contributed by atoms with Crippen molar-refractivity contribution in [1.29, 1.82) is 0 Å². The fourth-order valence-electron chi connectivity index (χ4n) is 4.88. The van der Waals surface area contributed by atoms with Gasteiger partial charge in [0.05, 0.1) is 0 Å². The van der Waals surface area contributed by atoms with Crippen LogP contribution in [0.1, 0.15) is 51.4 Å². The van der Waals surface area contributed by atoms with Gasteiger partial charge in [-0.25, -0.2) is 0 Å². The van der Waals surface area contributed by atoms with Crippen LogP contribution in [0.4, 0.5) is 0 Å². The molecule has 1 saturated carbocycles. The first-order valence-electron chi connectivity index (χ1n) is 8.99. The topological polar surface area (TPSA) is 18.5 Å². The van der Waals surface area contributed by atoms with Gasteiger partial charge in [0.1, 0.15) is 0 Å². The average Bonchev–Trinajstić information content (AvgIpc) is 3.08. The van der Waals surface area contributed by atoms with Crippen molar-refractivity contribution in [3.63, 3.8) is 0 Å². The van der Waals surface area contributed by atoms with Crippen LogP contribution in [-0.2, 0) is 0 Å².